The van der Waals surface area contributed by atoms with Crippen molar-refractivity contribution in [2.24, 2.45) is 0 Å². The van der Waals surface area contributed by atoms with Crippen molar-refractivity contribution >= 4 is 91.7 Å². The number of nitrogens with one attached hydrogen (secondary N) is 2. The van der Waals surface area contributed by atoms with Crippen LogP contribution in [0.2, 0.25) is 0 Å². The topological polar surface area (TPSA) is 109 Å². The van der Waals surface area contributed by atoms with Crippen molar-refractivity contribution in [1.29, 1.82) is 0 Å². The molecule has 12 heteroatoms. The van der Waals surface area contributed by atoms with E-state index in [2.05, 4.69) is 176 Å². The Morgan fingerprint density at radius 1 is 0.265 bits per heavy atom. The molecule has 0 saturated carbocycles. The third-order valence-corrected chi connectivity index (χ3v) is 15.6. The summed E-state index contributed by atoms with van der Waals surface area (Å²) in [5.74, 6) is 0. The number of hydrogen-bond acceptors (Lipinski definition) is 10. The fourth-order valence-corrected chi connectivity index (χ4v) is 11.6. The Hall–Kier alpha value is -8.00. The number of H-pyrrole nitrogens is 2. The van der Waals surface area contributed by atoms with E-state index < -0.39 is 0 Å². The summed E-state index contributed by atoms with van der Waals surface area (Å²) in [6, 6.07) is 43.6. The molecule has 8 nitrogen and oxygen atoms in total. The molecule has 0 aliphatic carbocycles. The van der Waals surface area contributed by atoms with Gasteiger partial charge in [-0.1, -0.05) is 97.1 Å². The lowest BCUT2D eigenvalue weighted by molar-refractivity contribution is 1.31. The minimum atomic E-state index is 0.856. The Kier molecular flexibility index (Phi) is 10.1. The van der Waals surface area contributed by atoms with Crippen molar-refractivity contribution in [2.75, 3.05) is 0 Å². The van der Waals surface area contributed by atoms with Gasteiger partial charge in [0.1, 0.15) is 0 Å². The second-order valence-electron chi connectivity index (χ2n) is 16.3. The monoisotopic (exact) mass is 946 g/mol. The molecule has 2 aliphatic heterocycles. The summed E-state index contributed by atoms with van der Waals surface area (Å²) < 4.78 is 0. The number of nitrogens with zero attached hydrogens (tertiary/aromatic N) is 6. The van der Waals surface area contributed by atoms with Gasteiger partial charge in [-0.05, 0) is 93.1 Å². The van der Waals surface area contributed by atoms with Gasteiger partial charge in [0.05, 0.1) is 64.3 Å². The predicted molar refractivity (Wildman–Crippen MR) is 285 cm³/mol. The van der Waals surface area contributed by atoms with Crippen LogP contribution in [-0.4, -0.2) is 39.9 Å². The maximum Gasteiger partial charge on any atom is 0.0797 e. The lowest BCUT2D eigenvalue weighted by Gasteiger charge is -2.08. The first-order valence-electron chi connectivity index (χ1n) is 21.8. The SMILES string of the molecule is C1=Cc2nc1c(-c1ccc(-c3cncs3)cc1)c1ccc([nH]1)c(-c1ccc(-c3cncs3)cc1)c1nc(c(-c3ccc(-c4cncs4)cc3)c3ccc([nH]3)c2-c2ccc(-c3cncs3)cc2)C=C1. The number of rotatable bonds is 8. The third-order valence-electron chi connectivity index (χ3n) is 12.3. The summed E-state index contributed by atoms with van der Waals surface area (Å²) in [5.41, 5.74) is 27.3. The zero-order valence-corrected chi connectivity index (χ0v) is 39.1. The Labute approximate surface area is 406 Å². The second-order valence-corrected chi connectivity index (χ2v) is 19.8. The van der Waals surface area contributed by atoms with Gasteiger partial charge in [0.15, 0.2) is 0 Å². The fraction of sp³-hybridized carbons (Fsp3) is 0. The van der Waals surface area contributed by atoms with Crippen LogP contribution in [0.1, 0.15) is 22.8 Å². The molecular formula is C56H34N8S4. The molecule has 68 heavy (non-hydrogen) atoms. The number of aromatic amines is 2. The molecule has 0 amide bonds. The van der Waals surface area contributed by atoms with Crippen LogP contribution in [0.4, 0.5) is 0 Å². The molecule has 8 bridgehead atoms. The first-order chi connectivity index (χ1) is 33.7. The zero-order chi connectivity index (χ0) is 45.0. The van der Waals surface area contributed by atoms with E-state index in [-0.39, 0.29) is 0 Å². The Morgan fingerprint density at radius 2 is 0.485 bits per heavy atom. The number of thiazole rings is 4. The number of hydrogen-bond donors (Lipinski definition) is 2. The summed E-state index contributed by atoms with van der Waals surface area (Å²) in [4.78, 5) is 40.7. The molecule has 0 spiro atoms. The highest BCUT2D eigenvalue weighted by Crippen LogP contribution is 2.40. The molecule has 2 N–H and O–H groups in total. The molecule has 4 aromatic carbocycles. The van der Waals surface area contributed by atoms with Crippen molar-refractivity contribution in [3.05, 3.63) is 191 Å². The molecule has 0 atom stereocenters. The maximum atomic E-state index is 5.54. The average molecular weight is 947 g/mol. The molecule has 0 radical (unpaired) electrons. The van der Waals surface area contributed by atoms with Crippen LogP contribution in [0.25, 0.3) is 133 Å². The normalized spacial score (nSPS) is 12.0. The van der Waals surface area contributed by atoms with Crippen molar-refractivity contribution in [2.45, 2.75) is 0 Å². The predicted octanol–water partition coefficient (Wildman–Crippen LogP) is 15.8. The minimum absolute atomic E-state index is 0.856. The molecule has 322 valence electrons. The molecule has 0 saturated heterocycles. The van der Waals surface area contributed by atoms with E-state index in [0.29, 0.717) is 0 Å². The summed E-state index contributed by atoms with van der Waals surface area (Å²) in [6.45, 7) is 0. The first kappa shape index (κ1) is 40.3. The van der Waals surface area contributed by atoms with E-state index in [0.717, 1.165) is 131 Å². The van der Waals surface area contributed by atoms with E-state index in [1.54, 1.807) is 45.3 Å². The number of fused-ring (bicyclic) bond motifs is 8. The summed E-state index contributed by atoms with van der Waals surface area (Å²) in [6.07, 6.45) is 16.2. The standard InChI is InChI=1S/C56H34N8S4/c1-9-37(10-2-33(1)49-25-57-29-65-49)53-41-17-19-43(61-41)54(38-11-3-34(4-12-38)50-26-58-30-66-50)45-21-23-47(63-45)56(40-15-7-36(8-16-40)52-28-60-32-68-52)48-24-22-46(64-48)55(44-20-18-42(53)62-44)39-13-5-35(6-14-39)51-27-59-31-67-51/h1-32,61,64H. The molecule has 11 aromatic rings. The molecule has 2 aliphatic rings. The van der Waals surface area contributed by atoms with Gasteiger partial charge in [-0.25, -0.2) is 9.97 Å². The van der Waals surface area contributed by atoms with Gasteiger partial charge in [-0.2, -0.15) is 0 Å². The van der Waals surface area contributed by atoms with Gasteiger partial charge in [-0.15, -0.1) is 45.3 Å². The van der Waals surface area contributed by atoms with Gasteiger partial charge < -0.3 is 9.97 Å². The molecule has 0 unspecified atom stereocenters. The van der Waals surface area contributed by atoms with E-state index in [4.69, 9.17) is 9.97 Å². The van der Waals surface area contributed by atoms with E-state index in [1.165, 1.54) is 0 Å². The third kappa shape index (κ3) is 7.36. The highest BCUT2D eigenvalue weighted by molar-refractivity contribution is 7.14. The van der Waals surface area contributed by atoms with Crippen LogP contribution in [0.3, 0.4) is 0 Å². The van der Waals surface area contributed by atoms with E-state index in [9.17, 15) is 0 Å². The summed E-state index contributed by atoms with van der Waals surface area (Å²) in [5, 5.41) is 0. The Morgan fingerprint density at radius 3 is 0.691 bits per heavy atom. The maximum absolute atomic E-state index is 5.54. The molecule has 0 fully saturated rings. The second kappa shape index (κ2) is 17.0. The zero-order valence-electron chi connectivity index (χ0n) is 35.8. The molecule has 7 aromatic heterocycles. The van der Waals surface area contributed by atoms with Crippen molar-refractivity contribution in [3.63, 3.8) is 0 Å². The van der Waals surface area contributed by atoms with Crippen LogP contribution in [0.5, 0.6) is 0 Å². The summed E-state index contributed by atoms with van der Waals surface area (Å²) in [7, 11) is 0. The first-order valence-corrected chi connectivity index (χ1v) is 25.3. The van der Waals surface area contributed by atoms with Gasteiger partial charge in [0.2, 0.25) is 0 Å². The van der Waals surface area contributed by atoms with Crippen molar-refractivity contribution < 1.29 is 0 Å². The van der Waals surface area contributed by atoms with Gasteiger partial charge in [-0.3, -0.25) is 19.9 Å². The Bertz CT molecular complexity index is 3340. The minimum Gasteiger partial charge on any atom is -0.354 e. The van der Waals surface area contributed by atoms with Crippen molar-refractivity contribution in [3.8, 4) is 86.3 Å². The highest BCUT2D eigenvalue weighted by Gasteiger charge is 2.20. The largest absolute Gasteiger partial charge is 0.354 e. The van der Waals surface area contributed by atoms with E-state index >= 15 is 0 Å². The Balaban J connectivity index is 1.10. The molecule has 9 heterocycles. The van der Waals surface area contributed by atoms with Crippen LogP contribution in [-0.2, 0) is 0 Å². The van der Waals surface area contributed by atoms with Gasteiger partial charge >= 0.3 is 0 Å². The quantitative estimate of drug-likeness (QED) is 0.157. The van der Waals surface area contributed by atoms with Gasteiger partial charge in [0, 0.05) is 69.1 Å². The smallest absolute Gasteiger partial charge is 0.0797 e. The fourth-order valence-electron chi connectivity index (χ4n) is 9.06. The lowest BCUT2D eigenvalue weighted by atomic mass is 10.0. The lowest BCUT2D eigenvalue weighted by Crippen LogP contribution is -1.90. The highest BCUT2D eigenvalue weighted by atomic mass is 32.1. The molecular weight excluding hydrogens is 913 g/mol. The van der Waals surface area contributed by atoms with Crippen molar-refractivity contribution in [1.82, 2.24) is 39.9 Å². The number of benzene rings is 4. The van der Waals surface area contributed by atoms with Gasteiger partial charge in [0.25, 0.3) is 0 Å². The van der Waals surface area contributed by atoms with Crippen LogP contribution in [0, 0.1) is 0 Å². The van der Waals surface area contributed by atoms with Crippen LogP contribution in [0.15, 0.2) is 168 Å². The van der Waals surface area contributed by atoms with Crippen LogP contribution < -0.4 is 0 Å². The summed E-state index contributed by atoms with van der Waals surface area (Å²) >= 11 is 6.53. The van der Waals surface area contributed by atoms with Crippen LogP contribution >= 0.6 is 45.3 Å². The average Bonchev–Trinajstić information content (AvgIpc) is 4.24. The number of aromatic nitrogens is 8. The molecule has 13 rings (SSSR count). The van der Waals surface area contributed by atoms with E-state index in [1.807, 2.05) is 46.8 Å².